The molecule has 5 nitrogen and oxygen atoms in total. The normalized spacial score (nSPS) is 14.1. The van der Waals surface area contributed by atoms with E-state index < -0.39 is 26.8 Å². The van der Waals surface area contributed by atoms with Crippen molar-refractivity contribution in [3.8, 4) is 0 Å². The molecule has 0 saturated carbocycles. The first-order valence-electron chi connectivity index (χ1n) is 5.85. The van der Waals surface area contributed by atoms with Gasteiger partial charge in [0.25, 0.3) is 10.1 Å². The standard InChI is InChI=1S/C13H18O5S/c1-13(2,9-12(14)15)8-11(19(16,17)18)10-6-4-3-5-7-10/h3-7,11H,8-9H2,1-2H3,(H,14,15)(H,16,17,18). The zero-order valence-electron chi connectivity index (χ0n) is 10.9. The van der Waals surface area contributed by atoms with Crippen LogP contribution in [-0.2, 0) is 14.9 Å². The zero-order chi connectivity index (χ0) is 14.7. The van der Waals surface area contributed by atoms with Crippen LogP contribution in [0.2, 0.25) is 0 Å². The van der Waals surface area contributed by atoms with Crippen LogP contribution in [0.15, 0.2) is 30.3 Å². The molecule has 0 aliphatic rings. The molecule has 0 amide bonds. The van der Waals surface area contributed by atoms with Gasteiger partial charge in [0.05, 0.1) is 6.42 Å². The number of rotatable bonds is 6. The van der Waals surface area contributed by atoms with E-state index in [0.29, 0.717) is 5.56 Å². The van der Waals surface area contributed by atoms with Gasteiger partial charge in [0.2, 0.25) is 0 Å². The number of hydrogen-bond donors (Lipinski definition) is 2. The number of carboxylic acid groups (broad SMARTS) is 1. The van der Waals surface area contributed by atoms with Crippen LogP contribution in [0, 0.1) is 5.41 Å². The summed E-state index contributed by atoms with van der Waals surface area (Å²) in [5.41, 5.74) is -0.272. The van der Waals surface area contributed by atoms with E-state index in [9.17, 15) is 17.8 Å². The molecule has 0 bridgehead atoms. The Morgan fingerprint density at radius 3 is 2.21 bits per heavy atom. The molecule has 1 unspecified atom stereocenters. The predicted octanol–water partition coefficient (Wildman–Crippen LogP) is 2.51. The van der Waals surface area contributed by atoms with Gasteiger partial charge in [-0.2, -0.15) is 8.42 Å². The highest BCUT2D eigenvalue weighted by molar-refractivity contribution is 7.86. The molecule has 0 heterocycles. The Morgan fingerprint density at radius 1 is 1.26 bits per heavy atom. The largest absolute Gasteiger partial charge is 0.481 e. The van der Waals surface area contributed by atoms with Crippen molar-refractivity contribution in [1.29, 1.82) is 0 Å². The molecular weight excluding hydrogens is 268 g/mol. The van der Waals surface area contributed by atoms with Crippen molar-refractivity contribution in [2.45, 2.75) is 31.9 Å². The molecule has 0 aromatic heterocycles. The summed E-state index contributed by atoms with van der Waals surface area (Å²) in [5.74, 6) is -0.993. The van der Waals surface area contributed by atoms with Crippen LogP contribution in [0.25, 0.3) is 0 Å². The van der Waals surface area contributed by atoms with Gasteiger partial charge in [0.1, 0.15) is 5.25 Å². The lowest BCUT2D eigenvalue weighted by atomic mass is 9.83. The van der Waals surface area contributed by atoms with Gasteiger partial charge in [-0.15, -0.1) is 0 Å². The molecule has 0 fully saturated rings. The SMILES string of the molecule is CC(C)(CC(=O)O)CC(c1ccccc1)S(=O)(=O)O. The monoisotopic (exact) mass is 286 g/mol. The highest BCUT2D eigenvalue weighted by Crippen LogP contribution is 2.37. The van der Waals surface area contributed by atoms with Crippen molar-refractivity contribution in [1.82, 2.24) is 0 Å². The third-order valence-corrected chi connectivity index (χ3v) is 4.06. The summed E-state index contributed by atoms with van der Waals surface area (Å²) in [4.78, 5) is 10.8. The maximum atomic E-state index is 11.5. The minimum Gasteiger partial charge on any atom is -0.481 e. The first kappa shape index (κ1) is 15.7. The first-order chi connectivity index (χ1) is 8.62. The Balaban J connectivity index is 3.05. The molecule has 1 aromatic carbocycles. The minimum atomic E-state index is -4.28. The zero-order valence-corrected chi connectivity index (χ0v) is 11.7. The highest BCUT2D eigenvalue weighted by Gasteiger charge is 2.33. The maximum Gasteiger partial charge on any atom is 0.303 e. The van der Waals surface area contributed by atoms with E-state index in [1.807, 2.05) is 0 Å². The van der Waals surface area contributed by atoms with E-state index >= 15 is 0 Å². The van der Waals surface area contributed by atoms with Gasteiger partial charge in [-0.3, -0.25) is 9.35 Å². The second-order valence-electron chi connectivity index (χ2n) is 5.35. The smallest absolute Gasteiger partial charge is 0.303 e. The van der Waals surface area contributed by atoms with Crippen LogP contribution in [-0.4, -0.2) is 24.0 Å². The van der Waals surface area contributed by atoms with Crippen LogP contribution in [0.1, 0.15) is 37.5 Å². The lowest BCUT2D eigenvalue weighted by molar-refractivity contribution is -0.139. The number of benzene rings is 1. The topological polar surface area (TPSA) is 91.7 Å². The van der Waals surface area contributed by atoms with Crippen molar-refractivity contribution in [3.05, 3.63) is 35.9 Å². The minimum absolute atomic E-state index is 0.0438. The van der Waals surface area contributed by atoms with E-state index in [-0.39, 0.29) is 12.8 Å². The van der Waals surface area contributed by atoms with E-state index in [4.69, 9.17) is 5.11 Å². The summed E-state index contributed by atoms with van der Waals surface area (Å²) < 4.78 is 32.4. The Bertz CT molecular complexity index is 533. The molecule has 106 valence electrons. The lowest BCUT2D eigenvalue weighted by Gasteiger charge is -2.27. The van der Waals surface area contributed by atoms with Crippen LogP contribution >= 0.6 is 0 Å². The van der Waals surface area contributed by atoms with E-state index in [0.717, 1.165) is 0 Å². The van der Waals surface area contributed by atoms with Gasteiger partial charge in [-0.25, -0.2) is 0 Å². The second kappa shape index (κ2) is 5.71. The molecule has 0 aliphatic heterocycles. The van der Waals surface area contributed by atoms with Crippen LogP contribution in [0.3, 0.4) is 0 Å². The quantitative estimate of drug-likeness (QED) is 0.784. The average molecular weight is 286 g/mol. The summed E-state index contributed by atoms with van der Waals surface area (Å²) >= 11 is 0. The molecule has 0 aliphatic carbocycles. The van der Waals surface area contributed by atoms with Gasteiger partial charge in [-0.05, 0) is 17.4 Å². The summed E-state index contributed by atoms with van der Waals surface area (Å²) in [5, 5.41) is 7.72. The number of carboxylic acids is 1. The third-order valence-electron chi connectivity index (χ3n) is 2.90. The fraction of sp³-hybridized carbons (Fsp3) is 0.462. The summed E-state index contributed by atoms with van der Waals surface area (Å²) in [6.07, 6.45) is -0.117. The number of carbonyl (C=O) groups is 1. The van der Waals surface area contributed by atoms with Crippen LogP contribution < -0.4 is 0 Å². The van der Waals surface area contributed by atoms with Gasteiger partial charge in [0, 0.05) is 0 Å². The van der Waals surface area contributed by atoms with Crippen molar-refractivity contribution in [2.75, 3.05) is 0 Å². The lowest BCUT2D eigenvalue weighted by Crippen LogP contribution is -2.24. The van der Waals surface area contributed by atoms with Crippen molar-refractivity contribution < 1.29 is 22.9 Å². The molecule has 2 N–H and O–H groups in total. The molecule has 6 heteroatoms. The Morgan fingerprint density at radius 2 is 1.79 bits per heavy atom. The fourth-order valence-electron chi connectivity index (χ4n) is 2.05. The molecule has 1 rings (SSSR count). The van der Waals surface area contributed by atoms with Gasteiger partial charge >= 0.3 is 5.97 Å². The van der Waals surface area contributed by atoms with E-state index in [2.05, 4.69) is 0 Å². The molecule has 19 heavy (non-hydrogen) atoms. The Kier molecular flexibility index (Phi) is 4.70. The van der Waals surface area contributed by atoms with Crippen molar-refractivity contribution in [2.24, 2.45) is 5.41 Å². The van der Waals surface area contributed by atoms with Crippen LogP contribution in [0.5, 0.6) is 0 Å². The highest BCUT2D eigenvalue weighted by atomic mass is 32.2. The average Bonchev–Trinajstić information content (AvgIpc) is 2.24. The Labute approximate surface area is 113 Å². The molecule has 1 aromatic rings. The maximum absolute atomic E-state index is 11.5. The number of hydrogen-bond acceptors (Lipinski definition) is 3. The fourth-order valence-corrected chi connectivity index (χ4v) is 3.21. The third kappa shape index (κ3) is 5.00. The first-order valence-corrected chi connectivity index (χ1v) is 7.35. The number of aliphatic carboxylic acids is 1. The summed E-state index contributed by atoms with van der Waals surface area (Å²) in [7, 11) is -4.28. The van der Waals surface area contributed by atoms with E-state index in [1.54, 1.807) is 44.2 Å². The molecule has 1 atom stereocenters. The predicted molar refractivity (Wildman–Crippen MR) is 71.4 cm³/mol. The van der Waals surface area contributed by atoms with Gasteiger partial charge < -0.3 is 5.11 Å². The molecule has 0 spiro atoms. The summed E-state index contributed by atoms with van der Waals surface area (Å²) in [6.45, 7) is 3.34. The van der Waals surface area contributed by atoms with Crippen LogP contribution in [0.4, 0.5) is 0 Å². The van der Waals surface area contributed by atoms with E-state index in [1.165, 1.54) is 0 Å². The molecule has 0 saturated heterocycles. The van der Waals surface area contributed by atoms with Gasteiger partial charge in [-0.1, -0.05) is 44.2 Å². The second-order valence-corrected chi connectivity index (χ2v) is 6.95. The molecule has 0 radical (unpaired) electrons. The van der Waals surface area contributed by atoms with Crippen molar-refractivity contribution >= 4 is 16.1 Å². The Hall–Kier alpha value is -1.40. The van der Waals surface area contributed by atoms with Crippen molar-refractivity contribution in [3.63, 3.8) is 0 Å². The molecular formula is C13H18O5S. The van der Waals surface area contributed by atoms with Gasteiger partial charge in [0.15, 0.2) is 0 Å². The summed E-state index contributed by atoms with van der Waals surface area (Å²) in [6, 6.07) is 8.31.